The van der Waals surface area contributed by atoms with Crippen LogP contribution in [0.2, 0.25) is 0 Å². The Morgan fingerprint density at radius 3 is 0.977 bits per heavy atom. The van der Waals surface area contributed by atoms with Gasteiger partial charge >= 0.3 is 0 Å². The smallest absolute Gasteiger partial charge is 0.164 e. The monoisotopic (exact) mass is 551 g/mol. The summed E-state index contributed by atoms with van der Waals surface area (Å²) in [6.07, 6.45) is 0. The minimum absolute atomic E-state index is 0.558. The molecule has 0 aliphatic carbocycles. The fourth-order valence-electron chi connectivity index (χ4n) is 5.89. The van der Waals surface area contributed by atoms with Gasteiger partial charge in [0.2, 0.25) is 0 Å². The molecule has 0 fully saturated rings. The molecule has 0 bridgehead atoms. The highest BCUT2D eigenvalue weighted by Crippen LogP contribution is 2.45. The molecule has 6 aromatic carbocycles. The first-order valence-electron chi connectivity index (χ1n) is 14.5. The summed E-state index contributed by atoms with van der Waals surface area (Å²) < 4.78 is 0. The van der Waals surface area contributed by atoms with Crippen LogP contribution in [0.25, 0.3) is 34.2 Å². The zero-order valence-corrected chi connectivity index (χ0v) is 23.6. The molecule has 0 amide bonds. The number of hydrogen-bond acceptors (Lipinski definition) is 3. The standard InChI is InChI=1S/C40H29N3/c1-6-17-30(18-7-1)37-41-38(31-19-8-2-9-20-31)43-39(42-37)32-21-16-28-36(29-32)40(33-22-10-3-11-23-33,34-24-12-4-13-25-34)35-26-14-5-15-27-35/h1-29H. The Morgan fingerprint density at radius 2 is 0.581 bits per heavy atom. The van der Waals surface area contributed by atoms with Gasteiger partial charge in [0.05, 0.1) is 5.41 Å². The van der Waals surface area contributed by atoms with E-state index < -0.39 is 5.41 Å². The van der Waals surface area contributed by atoms with Gasteiger partial charge in [-0.05, 0) is 28.3 Å². The fourth-order valence-corrected chi connectivity index (χ4v) is 5.89. The first-order chi connectivity index (χ1) is 21.3. The van der Waals surface area contributed by atoms with Crippen LogP contribution in [0.5, 0.6) is 0 Å². The summed E-state index contributed by atoms with van der Waals surface area (Å²) in [5.41, 5.74) is 6.98. The normalized spacial score (nSPS) is 11.3. The van der Waals surface area contributed by atoms with E-state index in [0.717, 1.165) is 22.3 Å². The zero-order valence-electron chi connectivity index (χ0n) is 23.6. The summed E-state index contributed by atoms with van der Waals surface area (Å²) in [5, 5.41) is 0. The minimum Gasteiger partial charge on any atom is -0.208 e. The fraction of sp³-hybridized carbons (Fsp3) is 0.0250. The molecule has 1 heterocycles. The number of nitrogens with zero attached hydrogens (tertiary/aromatic N) is 3. The van der Waals surface area contributed by atoms with E-state index in [9.17, 15) is 0 Å². The van der Waals surface area contributed by atoms with Gasteiger partial charge in [0.25, 0.3) is 0 Å². The summed E-state index contributed by atoms with van der Waals surface area (Å²) in [7, 11) is 0. The third-order valence-electron chi connectivity index (χ3n) is 7.87. The molecule has 0 unspecified atom stereocenters. The molecule has 7 rings (SSSR count). The molecule has 204 valence electrons. The summed E-state index contributed by atoms with van der Waals surface area (Å²) in [5.74, 6) is 1.93. The van der Waals surface area contributed by atoms with Gasteiger partial charge in [-0.2, -0.15) is 0 Å². The van der Waals surface area contributed by atoms with E-state index in [-0.39, 0.29) is 0 Å². The molecule has 0 saturated heterocycles. The van der Waals surface area contributed by atoms with Gasteiger partial charge in [-0.25, -0.2) is 15.0 Å². The van der Waals surface area contributed by atoms with Gasteiger partial charge in [0, 0.05) is 16.7 Å². The molecule has 3 heteroatoms. The molecule has 1 aromatic heterocycles. The van der Waals surface area contributed by atoms with Crippen molar-refractivity contribution in [2.75, 3.05) is 0 Å². The molecule has 3 nitrogen and oxygen atoms in total. The Kier molecular flexibility index (Phi) is 7.12. The van der Waals surface area contributed by atoms with Crippen LogP contribution < -0.4 is 0 Å². The summed E-state index contributed by atoms with van der Waals surface area (Å²) in [6, 6.07) is 61.1. The maximum Gasteiger partial charge on any atom is 0.164 e. The number of benzene rings is 6. The highest BCUT2D eigenvalue weighted by atomic mass is 15.0. The predicted molar refractivity (Wildman–Crippen MR) is 174 cm³/mol. The van der Waals surface area contributed by atoms with E-state index in [1.807, 2.05) is 60.7 Å². The van der Waals surface area contributed by atoms with Crippen molar-refractivity contribution in [3.63, 3.8) is 0 Å². The van der Waals surface area contributed by atoms with Gasteiger partial charge < -0.3 is 0 Å². The average molecular weight is 552 g/mol. The van der Waals surface area contributed by atoms with E-state index in [1.54, 1.807) is 0 Å². The molecule has 0 saturated carbocycles. The van der Waals surface area contributed by atoms with E-state index in [2.05, 4.69) is 115 Å². The van der Waals surface area contributed by atoms with Gasteiger partial charge in [-0.3, -0.25) is 0 Å². The van der Waals surface area contributed by atoms with Crippen LogP contribution in [0.4, 0.5) is 0 Å². The van der Waals surface area contributed by atoms with Gasteiger partial charge in [0.1, 0.15) is 0 Å². The second kappa shape index (κ2) is 11.7. The second-order valence-electron chi connectivity index (χ2n) is 10.5. The number of hydrogen-bond donors (Lipinski definition) is 0. The lowest BCUT2D eigenvalue weighted by Gasteiger charge is -2.37. The zero-order chi connectivity index (χ0) is 28.9. The lowest BCUT2D eigenvalue weighted by atomic mass is 9.65. The van der Waals surface area contributed by atoms with Crippen molar-refractivity contribution < 1.29 is 0 Å². The summed E-state index contributed by atoms with van der Waals surface area (Å²) in [4.78, 5) is 14.9. The van der Waals surface area contributed by atoms with Crippen LogP contribution in [-0.2, 0) is 5.41 Å². The Hall–Kier alpha value is -5.67. The van der Waals surface area contributed by atoms with Crippen LogP contribution >= 0.6 is 0 Å². The van der Waals surface area contributed by atoms with E-state index in [1.165, 1.54) is 16.7 Å². The van der Waals surface area contributed by atoms with Crippen molar-refractivity contribution in [2.45, 2.75) is 5.41 Å². The Balaban J connectivity index is 1.48. The first kappa shape index (κ1) is 26.2. The molecular weight excluding hydrogens is 522 g/mol. The molecule has 0 aliphatic heterocycles. The average Bonchev–Trinajstić information content (AvgIpc) is 3.11. The Morgan fingerprint density at radius 1 is 0.279 bits per heavy atom. The lowest BCUT2D eigenvalue weighted by Crippen LogP contribution is -2.31. The molecule has 0 N–H and O–H groups in total. The predicted octanol–water partition coefficient (Wildman–Crippen LogP) is 9.26. The molecular formula is C40H29N3. The van der Waals surface area contributed by atoms with Crippen molar-refractivity contribution >= 4 is 0 Å². The Labute approximate surface area is 252 Å². The SMILES string of the molecule is c1ccc(-c2nc(-c3ccccc3)nc(-c3cccc(C(c4ccccc4)(c4ccccc4)c4ccccc4)c3)n2)cc1. The highest BCUT2D eigenvalue weighted by molar-refractivity contribution is 5.69. The van der Waals surface area contributed by atoms with Crippen molar-refractivity contribution in [2.24, 2.45) is 0 Å². The summed E-state index contributed by atoms with van der Waals surface area (Å²) in [6.45, 7) is 0. The van der Waals surface area contributed by atoms with Crippen molar-refractivity contribution in [1.82, 2.24) is 15.0 Å². The van der Waals surface area contributed by atoms with E-state index in [4.69, 9.17) is 15.0 Å². The Bertz CT molecular complexity index is 1790. The first-order valence-corrected chi connectivity index (χ1v) is 14.5. The minimum atomic E-state index is -0.558. The van der Waals surface area contributed by atoms with Crippen LogP contribution in [0, 0.1) is 0 Å². The van der Waals surface area contributed by atoms with Crippen LogP contribution in [0.1, 0.15) is 22.3 Å². The molecule has 0 radical (unpaired) electrons. The van der Waals surface area contributed by atoms with Gasteiger partial charge in [-0.1, -0.05) is 170 Å². The molecule has 7 aromatic rings. The maximum atomic E-state index is 5.02. The molecule has 43 heavy (non-hydrogen) atoms. The van der Waals surface area contributed by atoms with Gasteiger partial charge in [-0.15, -0.1) is 0 Å². The third-order valence-corrected chi connectivity index (χ3v) is 7.87. The van der Waals surface area contributed by atoms with Gasteiger partial charge in [0.15, 0.2) is 17.5 Å². The van der Waals surface area contributed by atoms with E-state index >= 15 is 0 Å². The number of aromatic nitrogens is 3. The molecule has 0 spiro atoms. The number of rotatable bonds is 7. The quantitative estimate of drug-likeness (QED) is 0.185. The largest absolute Gasteiger partial charge is 0.208 e. The highest BCUT2D eigenvalue weighted by Gasteiger charge is 2.38. The van der Waals surface area contributed by atoms with Crippen LogP contribution in [0.3, 0.4) is 0 Å². The van der Waals surface area contributed by atoms with Crippen molar-refractivity contribution in [1.29, 1.82) is 0 Å². The van der Waals surface area contributed by atoms with Crippen LogP contribution in [0.15, 0.2) is 176 Å². The van der Waals surface area contributed by atoms with Crippen molar-refractivity contribution in [3.05, 3.63) is 198 Å². The summed E-state index contributed by atoms with van der Waals surface area (Å²) >= 11 is 0. The maximum absolute atomic E-state index is 5.02. The van der Waals surface area contributed by atoms with E-state index in [0.29, 0.717) is 17.5 Å². The topological polar surface area (TPSA) is 38.7 Å². The molecule has 0 atom stereocenters. The van der Waals surface area contributed by atoms with Crippen LogP contribution in [-0.4, -0.2) is 15.0 Å². The molecule has 0 aliphatic rings. The third kappa shape index (κ3) is 5.02. The second-order valence-corrected chi connectivity index (χ2v) is 10.5. The lowest BCUT2D eigenvalue weighted by molar-refractivity contribution is 0.745. The van der Waals surface area contributed by atoms with Crippen molar-refractivity contribution in [3.8, 4) is 34.2 Å².